The van der Waals surface area contributed by atoms with Crippen LogP contribution in [0.3, 0.4) is 0 Å². The monoisotopic (exact) mass is 166 g/mol. The molecular formula is C9H14N2O. The van der Waals surface area contributed by atoms with Gasteiger partial charge >= 0.3 is 0 Å². The number of rotatable bonds is 1. The van der Waals surface area contributed by atoms with E-state index in [2.05, 4.69) is 24.3 Å². The van der Waals surface area contributed by atoms with Gasteiger partial charge in [-0.2, -0.15) is 0 Å². The van der Waals surface area contributed by atoms with Crippen LogP contribution in [0.4, 0.5) is 5.69 Å². The van der Waals surface area contributed by atoms with Crippen LogP contribution in [0.1, 0.15) is 37.6 Å². The van der Waals surface area contributed by atoms with E-state index in [4.69, 9.17) is 4.52 Å². The molecule has 1 aromatic rings. The molecule has 0 aromatic carbocycles. The molecule has 0 bridgehead atoms. The van der Waals surface area contributed by atoms with Crippen molar-refractivity contribution in [1.29, 1.82) is 0 Å². The normalized spacial score (nSPS) is 15.9. The Kier molecular flexibility index (Phi) is 1.79. The number of anilines is 1. The van der Waals surface area contributed by atoms with Crippen molar-refractivity contribution in [2.45, 2.75) is 32.6 Å². The maximum Gasteiger partial charge on any atom is 0.160 e. The van der Waals surface area contributed by atoms with Gasteiger partial charge in [-0.05, 0) is 6.42 Å². The van der Waals surface area contributed by atoms with E-state index in [0.717, 1.165) is 36.5 Å². The molecule has 12 heavy (non-hydrogen) atoms. The lowest BCUT2D eigenvalue weighted by Crippen LogP contribution is -2.11. The van der Waals surface area contributed by atoms with Gasteiger partial charge in [-0.25, -0.2) is 0 Å². The van der Waals surface area contributed by atoms with Gasteiger partial charge in [0.15, 0.2) is 5.76 Å². The van der Waals surface area contributed by atoms with Crippen molar-refractivity contribution in [3.63, 3.8) is 0 Å². The third-order valence-corrected chi connectivity index (χ3v) is 2.22. The predicted octanol–water partition coefficient (Wildman–Crippen LogP) is 2.16. The van der Waals surface area contributed by atoms with Crippen LogP contribution in [-0.4, -0.2) is 11.7 Å². The molecule has 0 radical (unpaired) electrons. The van der Waals surface area contributed by atoms with Crippen LogP contribution >= 0.6 is 0 Å². The summed E-state index contributed by atoms with van der Waals surface area (Å²) >= 11 is 0. The third-order valence-electron chi connectivity index (χ3n) is 2.22. The molecular weight excluding hydrogens is 152 g/mol. The highest BCUT2D eigenvalue weighted by molar-refractivity contribution is 5.53. The maximum atomic E-state index is 5.24. The Hall–Kier alpha value is -0.990. The van der Waals surface area contributed by atoms with Crippen LogP contribution in [0.5, 0.6) is 0 Å². The Morgan fingerprint density at radius 3 is 3.08 bits per heavy atom. The van der Waals surface area contributed by atoms with Crippen molar-refractivity contribution in [3.05, 3.63) is 11.5 Å². The summed E-state index contributed by atoms with van der Waals surface area (Å²) in [5.41, 5.74) is 2.22. The number of aryl methyl sites for hydroxylation is 1. The molecule has 3 nitrogen and oxygen atoms in total. The van der Waals surface area contributed by atoms with E-state index < -0.39 is 0 Å². The highest BCUT2D eigenvalue weighted by Gasteiger charge is 2.20. The largest absolute Gasteiger partial charge is 0.381 e. The number of nitrogens with zero attached hydrogens (tertiary/aromatic N) is 1. The number of hydrogen-bond donors (Lipinski definition) is 1. The molecule has 1 aliphatic heterocycles. The fourth-order valence-electron chi connectivity index (χ4n) is 1.55. The molecule has 0 spiro atoms. The zero-order valence-electron chi connectivity index (χ0n) is 7.55. The Bertz CT molecular complexity index is 278. The van der Waals surface area contributed by atoms with E-state index in [-0.39, 0.29) is 0 Å². The summed E-state index contributed by atoms with van der Waals surface area (Å²) in [4.78, 5) is 0. The van der Waals surface area contributed by atoms with Crippen molar-refractivity contribution in [2.75, 3.05) is 11.9 Å². The van der Waals surface area contributed by atoms with Crippen LogP contribution < -0.4 is 5.32 Å². The molecule has 66 valence electrons. The highest BCUT2D eigenvalue weighted by atomic mass is 16.5. The average Bonchev–Trinajstić information content (AvgIpc) is 2.47. The minimum atomic E-state index is 0.447. The minimum absolute atomic E-state index is 0.447. The Morgan fingerprint density at radius 1 is 1.50 bits per heavy atom. The standard InChI is InChI=1S/C9H14N2O/c1-6(2)8-9-7(12-11-8)4-3-5-10-9/h6,10H,3-5H2,1-2H3. The van der Waals surface area contributed by atoms with E-state index in [9.17, 15) is 0 Å². The van der Waals surface area contributed by atoms with E-state index in [1.807, 2.05) is 0 Å². The second-order valence-corrected chi connectivity index (χ2v) is 3.55. The number of aromatic nitrogens is 1. The molecule has 1 N–H and O–H groups in total. The van der Waals surface area contributed by atoms with E-state index >= 15 is 0 Å². The summed E-state index contributed by atoms with van der Waals surface area (Å²) in [6.45, 7) is 5.32. The van der Waals surface area contributed by atoms with Gasteiger partial charge in [-0.3, -0.25) is 0 Å². The molecule has 0 fully saturated rings. The molecule has 1 aromatic heterocycles. The first-order valence-electron chi connectivity index (χ1n) is 4.51. The zero-order valence-corrected chi connectivity index (χ0v) is 7.55. The molecule has 2 heterocycles. The smallest absolute Gasteiger partial charge is 0.160 e. The first-order valence-corrected chi connectivity index (χ1v) is 4.51. The van der Waals surface area contributed by atoms with Crippen LogP contribution in [0.2, 0.25) is 0 Å². The van der Waals surface area contributed by atoms with Crippen LogP contribution in [0.25, 0.3) is 0 Å². The van der Waals surface area contributed by atoms with Crippen LogP contribution in [0.15, 0.2) is 4.52 Å². The molecule has 0 aliphatic carbocycles. The van der Waals surface area contributed by atoms with Gasteiger partial charge in [-0.1, -0.05) is 19.0 Å². The summed E-state index contributed by atoms with van der Waals surface area (Å²) in [5.74, 6) is 1.48. The van der Waals surface area contributed by atoms with Gasteiger partial charge in [0.25, 0.3) is 0 Å². The van der Waals surface area contributed by atoms with Crippen molar-refractivity contribution >= 4 is 5.69 Å². The molecule has 0 unspecified atom stereocenters. The van der Waals surface area contributed by atoms with Crippen LogP contribution in [0, 0.1) is 0 Å². The highest BCUT2D eigenvalue weighted by Crippen LogP contribution is 2.30. The lowest BCUT2D eigenvalue weighted by atomic mass is 10.0. The van der Waals surface area contributed by atoms with Gasteiger partial charge < -0.3 is 9.84 Å². The summed E-state index contributed by atoms with van der Waals surface area (Å²) in [7, 11) is 0. The zero-order chi connectivity index (χ0) is 8.55. The molecule has 0 saturated heterocycles. The van der Waals surface area contributed by atoms with Gasteiger partial charge in [0.2, 0.25) is 0 Å². The maximum absolute atomic E-state index is 5.24. The average molecular weight is 166 g/mol. The van der Waals surface area contributed by atoms with E-state index in [0.29, 0.717) is 5.92 Å². The van der Waals surface area contributed by atoms with Gasteiger partial charge in [0.1, 0.15) is 11.4 Å². The SMILES string of the molecule is CC(C)c1noc2c1NCCC2. The Labute approximate surface area is 72.1 Å². The molecule has 0 atom stereocenters. The van der Waals surface area contributed by atoms with Crippen molar-refractivity contribution in [1.82, 2.24) is 5.16 Å². The van der Waals surface area contributed by atoms with Gasteiger partial charge in [0.05, 0.1) is 0 Å². The number of hydrogen-bond acceptors (Lipinski definition) is 3. The first kappa shape index (κ1) is 7.65. The third kappa shape index (κ3) is 1.09. The summed E-state index contributed by atoms with van der Waals surface area (Å²) in [6.07, 6.45) is 2.18. The molecule has 0 saturated carbocycles. The second kappa shape index (κ2) is 2.81. The quantitative estimate of drug-likeness (QED) is 0.694. The fourth-order valence-corrected chi connectivity index (χ4v) is 1.55. The predicted molar refractivity (Wildman–Crippen MR) is 47.4 cm³/mol. The minimum Gasteiger partial charge on any atom is -0.381 e. The molecule has 2 rings (SSSR count). The van der Waals surface area contributed by atoms with Crippen molar-refractivity contribution < 1.29 is 4.52 Å². The molecule has 3 heteroatoms. The summed E-state index contributed by atoms with van der Waals surface area (Å²) in [5, 5.41) is 7.40. The van der Waals surface area contributed by atoms with Crippen molar-refractivity contribution in [2.24, 2.45) is 0 Å². The second-order valence-electron chi connectivity index (χ2n) is 3.55. The van der Waals surface area contributed by atoms with E-state index in [1.54, 1.807) is 0 Å². The van der Waals surface area contributed by atoms with Crippen LogP contribution in [-0.2, 0) is 6.42 Å². The van der Waals surface area contributed by atoms with Gasteiger partial charge in [-0.15, -0.1) is 0 Å². The molecule has 1 aliphatic rings. The topological polar surface area (TPSA) is 38.1 Å². The first-order chi connectivity index (χ1) is 5.79. The Balaban J connectivity index is 2.38. The lowest BCUT2D eigenvalue weighted by molar-refractivity contribution is 0.372. The number of fused-ring (bicyclic) bond motifs is 1. The summed E-state index contributed by atoms with van der Waals surface area (Å²) in [6, 6.07) is 0. The Morgan fingerprint density at radius 2 is 2.33 bits per heavy atom. The fraction of sp³-hybridized carbons (Fsp3) is 0.667. The lowest BCUT2D eigenvalue weighted by Gasteiger charge is -2.13. The van der Waals surface area contributed by atoms with Gasteiger partial charge in [0, 0.05) is 18.9 Å². The summed E-state index contributed by atoms with van der Waals surface area (Å²) < 4.78 is 5.24. The van der Waals surface area contributed by atoms with E-state index in [1.165, 1.54) is 0 Å². The molecule has 0 amide bonds. The number of nitrogens with one attached hydrogen (secondary N) is 1. The van der Waals surface area contributed by atoms with Crippen molar-refractivity contribution in [3.8, 4) is 0 Å².